The van der Waals surface area contributed by atoms with Gasteiger partial charge in [0.15, 0.2) is 9.84 Å². The fourth-order valence-corrected chi connectivity index (χ4v) is 3.97. The molecule has 0 saturated carbocycles. The van der Waals surface area contributed by atoms with Crippen LogP contribution < -0.4 is 0 Å². The second-order valence-corrected chi connectivity index (χ2v) is 7.10. The largest absolute Gasteiger partial charge is 0.478 e. The van der Waals surface area contributed by atoms with Crippen molar-refractivity contribution in [3.63, 3.8) is 0 Å². The van der Waals surface area contributed by atoms with Gasteiger partial charge in [0.25, 0.3) is 0 Å². The second-order valence-electron chi connectivity index (χ2n) is 5.11. The van der Waals surface area contributed by atoms with Crippen LogP contribution in [0, 0.1) is 0 Å². The predicted molar refractivity (Wildman–Crippen MR) is 75.0 cm³/mol. The SMILES string of the molecule is O=C(O)c1ccoc1CS(=O)(=O)c1ccc2c(c1)CCC2. The Bertz CT molecular complexity index is 801. The van der Waals surface area contributed by atoms with E-state index in [0.29, 0.717) is 0 Å². The molecule has 0 bridgehead atoms. The van der Waals surface area contributed by atoms with Gasteiger partial charge in [-0.1, -0.05) is 6.07 Å². The molecule has 21 heavy (non-hydrogen) atoms. The Morgan fingerprint density at radius 3 is 2.71 bits per heavy atom. The molecule has 1 aliphatic carbocycles. The molecule has 0 amide bonds. The first kappa shape index (κ1) is 13.9. The number of carboxylic acids is 1. The summed E-state index contributed by atoms with van der Waals surface area (Å²) in [4.78, 5) is 11.2. The number of hydrogen-bond donors (Lipinski definition) is 1. The van der Waals surface area contributed by atoms with Crippen molar-refractivity contribution in [2.45, 2.75) is 29.9 Å². The highest BCUT2D eigenvalue weighted by molar-refractivity contribution is 7.90. The maximum atomic E-state index is 12.4. The Labute approximate surface area is 122 Å². The first-order chi connectivity index (χ1) is 9.97. The standard InChI is InChI=1S/C15H14O5S/c16-15(17)13-6-7-20-14(13)9-21(18,19)12-5-4-10-2-1-3-11(10)8-12/h4-8H,1-3,9H2,(H,16,17). The van der Waals surface area contributed by atoms with Gasteiger partial charge in [-0.2, -0.15) is 0 Å². The van der Waals surface area contributed by atoms with Crippen molar-refractivity contribution in [3.8, 4) is 0 Å². The van der Waals surface area contributed by atoms with E-state index in [1.54, 1.807) is 12.1 Å². The van der Waals surface area contributed by atoms with Gasteiger partial charge in [0.2, 0.25) is 0 Å². The molecule has 1 N–H and O–H groups in total. The number of sulfone groups is 1. The molecule has 0 fully saturated rings. The number of carbonyl (C=O) groups is 1. The molecule has 2 aromatic rings. The summed E-state index contributed by atoms with van der Waals surface area (Å²) in [5, 5.41) is 8.99. The van der Waals surface area contributed by atoms with Crippen molar-refractivity contribution in [1.82, 2.24) is 0 Å². The number of aromatic carboxylic acids is 1. The minimum absolute atomic E-state index is 0.0389. The number of aryl methyl sites for hydroxylation is 2. The zero-order valence-corrected chi connectivity index (χ0v) is 12.0. The van der Waals surface area contributed by atoms with Crippen molar-refractivity contribution in [2.24, 2.45) is 0 Å². The number of rotatable bonds is 4. The third-order valence-electron chi connectivity index (χ3n) is 3.73. The molecule has 1 aromatic carbocycles. The Morgan fingerprint density at radius 1 is 1.19 bits per heavy atom. The first-order valence-corrected chi connectivity index (χ1v) is 8.27. The Kier molecular flexibility index (Phi) is 3.33. The maximum absolute atomic E-state index is 12.4. The van der Waals surface area contributed by atoms with Crippen LogP contribution in [0.4, 0.5) is 0 Å². The monoisotopic (exact) mass is 306 g/mol. The summed E-state index contributed by atoms with van der Waals surface area (Å²) >= 11 is 0. The number of benzene rings is 1. The molecule has 0 spiro atoms. The minimum Gasteiger partial charge on any atom is -0.478 e. The molecule has 6 heteroatoms. The number of furan rings is 1. The molecule has 5 nitrogen and oxygen atoms in total. The molecule has 1 aromatic heterocycles. The van der Waals surface area contributed by atoms with Gasteiger partial charge in [0, 0.05) is 0 Å². The summed E-state index contributed by atoms with van der Waals surface area (Å²) < 4.78 is 29.9. The lowest BCUT2D eigenvalue weighted by Crippen LogP contribution is -2.08. The molecule has 0 unspecified atom stereocenters. The average molecular weight is 306 g/mol. The zero-order chi connectivity index (χ0) is 15.0. The third-order valence-corrected chi connectivity index (χ3v) is 5.34. The van der Waals surface area contributed by atoms with Crippen molar-refractivity contribution in [2.75, 3.05) is 0 Å². The predicted octanol–water partition coefficient (Wildman–Crippen LogP) is 2.44. The molecule has 3 rings (SSSR count). The number of fused-ring (bicyclic) bond motifs is 1. The normalized spacial score (nSPS) is 14.1. The van der Waals surface area contributed by atoms with E-state index in [4.69, 9.17) is 9.52 Å². The smallest absolute Gasteiger partial charge is 0.339 e. The second kappa shape index (κ2) is 5.04. The first-order valence-electron chi connectivity index (χ1n) is 6.61. The van der Waals surface area contributed by atoms with Crippen molar-refractivity contribution < 1.29 is 22.7 Å². The lowest BCUT2D eigenvalue weighted by Gasteiger charge is -2.06. The van der Waals surface area contributed by atoms with E-state index in [9.17, 15) is 13.2 Å². The van der Waals surface area contributed by atoms with Gasteiger partial charge in [-0.25, -0.2) is 13.2 Å². The van der Waals surface area contributed by atoms with Crippen molar-refractivity contribution >= 4 is 15.8 Å². The summed E-state index contributed by atoms with van der Waals surface area (Å²) in [6.45, 7) is 0. The molecule has 1 heterocycles. The van der Waals surface area contributed by atoms with E-state index in [0.717, 1.165) is 24.8 Å². The fraction of sp³-hybridized carbons (Fsp3) is 0.267. The highest BCUT2D eigenvalue weighted by Gasteiger charge is 2.23. The van der Waals surface area contributed by atoms with Gasteiger partial charge >= 0.3 is 5.97 Å². The average Bonchev–Trinajstić information content (AvgIpc) is 3.05. The Balaban J connectivity index is 1.94. The van der Waals surface area contributed by atoms with Crippen LogP contribution >= 0.6 is 0 Å². The Hall–Kier alpha value is -2.08. The van der Waals surface area contributed by atoms with E-state index in [1.165, 1.54) is 17.9 Å². The van der Waals surface area contributed by atoms with Gasteiger partial charge in [0.1, 0.15) is 17.1 Å². The molecular weight excluding hydrogens is 292 g/mol. The quantitative estimate of drug-likeness (QED) is 0.937. The van der Waals surface area contributed by atoms with Crippen molar-refractivity contribution in [1.29, 1.82) is 0 Å². The van der Waals surface area contributed by atoms with E-state index in [-0.39, 0.29) is 16.2 Å². The number of hydrogen-bond acceptors (Lipinski definition) is 4. The van der Waals surface area contributed by atoms with Gasteiger partial charge in [-0.05, 0) is 48.6 Å². The van der Waals surface area contributed by atoms with Gasteiger partial charge in [-0.15, -0.1) is 0 Å². The van der Waals surface area contributed by atoms with Crippen LogP contribution in [-0.4, -0.2) is 19.5 Å². The van der Waals surface area contributed by atoms with E-state index in [1.807, 2.05) is 6.07 Å². The number of carboxylic acid groups (broad SMARTS) is 1. The van der Waals surface area contributed by atoms with Crippen LogP contribution in [0.25, 0.3) is 0 Å². The van der Waals surface area contributed by atoms with Gasteiger partial charge in [-0.3, -0.25) is 0 Å². The Morgan fingerprint density at radius 2 is 1.95 bits per heavy atom. The summed E-state index contributed by atoms with van der Waals surface area (Å²) in [6.07, 6.45) is 4.11. The lowest BCUT2D eigenvalue weighted by molar-refractivity contribution is 0.0695. The van der Waals surface area contributed by atoms with Crippen LogP contribution in [0.5, 0.6) is 0 Å². The van der Waals surface area contributed by atoms with Gasteiger partial charge in [0.05, 0.1) is 11.2 Å². The summed E-state index contributed by atoms with van der Waals surface area (Å²) in [7, 11) is -3.62. The molecule has 0 aliphatic heterocycles. The summed E-state index contributed by atoms with van der Waals surface area (Å²) in [6, 6.07) is 6.38. The van der Waals surface area contributed by atoms with Crippen molar-refractivity contribution in [3.05, 3.63) is 53.0 Å². The summed E-state index contributed by atoms with van der Waals surface area (Å²) in [5.41, 5.74) is 2.15. The van der Waals surface area contributed by atoms with Crippen LogP contribution in [0.1, 0.15) is 33.7 Å². The maximum Gasteiger partial charge on any atom is 0.339 e. The fourth-order valence-electron chi connectivity index (χ4n) is 2.64. The van der Waals surface area contributed by atoms with Crippen LogP contribution in [0.2, 0.25) is 0 Å². The van der Waals surface area contributed by atoms with E-state index in [2.05, 4.69) is 0 Å². The molecular formula is C15H14O5S. The van der Waals surface area contributed by atoms with Crippen LogP contribution in [0.15, 0.2) is 39.8 Å². The van der Waals surface area contributed by atoms with E-state index < -0.39 is 21.6 Å². The summed E-state index contributed by atoms with van der Waals surface area (Å²) in [5.74, 6) is -1.67. The topological polar surface area (TPSA) is 84.6 Å². The molecule has 0 saturated heterocycles. The molecule has 0 atom stereocenters. The van der Waals surface area contributed by atoms with Gasteiger partial charge < -0.3 is 9.52 Å². The van der Waals surface area contributed by atoms with Crippen LogP contribution in [0.3, 0.4) is 0 Å². The highest BCUT2D eigenvalue weighted by atomic mass is 32.2. The highest BCUT2D eigenvalue weighted by Crippen LogP contribution is 2.27. The van der Waals surface area contributed by atoms with E-state index >= 15 is 0 Å². The van der Waals surface area contributed by atoms with Crippen LogP contribution in [-0.2, 0) is 28.4 Å². The molecule has 110 valence electrons. The zero-order valence-electron chi connectivity index (χ0n) is 11.2. The molecule has 1 aliphatic rings. The lowest BCUT2D eigenvalue weighted by atomic mass is 10.1. The molecule has 0 radical (unpaired) electrons. The third kappa shape index (κ3) is 2.58. The minimum atomic E-state index is -3.62.